The fraction of sp³-hybridized carbons (Fsp3) is 0.500. The molecule has 1 amide bonds. The SMILES string of the molecule is O=C(CN1CCC(c2cn[nH]c2)CC1)NCCc1cccs1. The Morgan fingerprint density at radius 3 is 3.00 bits per heavy atom. The van der Waals surface area contributed by atoms with Crippen LogP contribution in [0.3, 0.4) is 0 Å². The number of thiophene rings is 1. The predicted molar refractivity (Wildman–Crippen MR) is 88.0 cm³/mol. The van der Waals surface area contributed by atoms with E-state index in [-0.39, 0.29) is 5.91 Å². The Balaban J connectivity index is 1.34. The van der Waals surface area contributed by atoms with Gasteiger partial charge in [0.2, 0.25) is 5.91 Å². The second-order valence-electron chi connectivity index (χ2n) is 5.76. The zero-order chi connectivity index (χ0) is 15.2. The number of nitrogens with zero attached hydrogens (tertiary/aromatic N) is 2. The molecule has 0 radical (unpaired) electrons. The van der Waals surface area contributed by atoms with Crippen LogP contribution >= 0.6 is 11.3 Å². The molecule has 6 heteroatoms. The maximum Gasteiger partial charge on any atom is 0.234 e. The monoisotopic (exact) mass is 318 g/mol. The van der Waals surface area contributed by atoms with Crippen molar-refractivity contribution >= 4 is 17.2 Å². The van der Waals surface area contributed by atoms with E-state index >= 15 is 0 Å². The summed E-state index contributed by atoms with van der Waals surface area (Å²) in [6.45, 7) is 3.20. The van der Waals surface area contributed by atoms with Crippen molar-refractivity contribution in [3.8, 4) is 0 Å². The summed E-state index contributed by atoms with van der Waals surface area (Å²) < 4.78 is 0. The first kappa shape index (κ1) is 15.2. The molecule has 3 rings (SSSR count). The summed E-state index contributed by atoms with van der Waals surface area (Å²) in [5.41, 5.74) is 1.29. The minimum absolute atomic E-state index is 0.137. The largest absolute Gasteiger partial charge is 0.355 e. The molecule has 5 nitrogen and oxygen atoms in total. The maximum atomic E-state index is 12.0. The molecule has 0 atom stereocenters. The summed E-state index contributed by atoms with van der Waals surface area (Å²) in [5.74, 6) is 0.718. The molecule has 0 aliphatic carbocycles. The van der Waals surface area contributed by atoms with Crippen LogP contribution < -0.4 is 5.32 Å². The number of carbonyl (C=O) groups excluding carboxylic acids is 1. The average Bonchev–Trinajstić information content (AvgIpc) is 3.21. The second-order valence-corrected chi connectivity index (χ2v) is 6.79. The standard InChI is InChI=1S/C16H22N4OS/c21-16(17-6-3-15-2-1-9-22-15)12-20-7-4-13(5-8-20)14-10-18-19-11-14/h1-2,9-11,13H,3-8,12H2,(H,17,21)(H,18,19). The molecule has 0 saturated carbocycles. The Morgan fingerprint density at radius 2 is 2.32 bits per heavy atom. The van der Waals surface area contributed by atoms with Crippen molar-refractivity contribution in [1.29, 1.82) is 0 Å². The smallest absolute Gasteiger partial charge is 0.234 e. The number of rotatable bonds is 6. The summed E-state index contributed by atoms with van der Waals surface area (Å²) in [6.07, 6.45) is 7.02. The van der Waals surface area contributed by atoms with Gasteiger partial charge >= 0.3 is 0 Å². The predicted octanol–water partition coefficient (Wildman–Crippen LogP) is 2.01. The third-order valence-electron chi connectivity index (χ3n) is 4.22. The van der Waals surface area contributed by atoms with Crippen molar-refractivity contribution in [1.82, 2.24) is 20.4 Å². The molecule has 0 spiro atoms. The summed E-state index contributed by atoms with van der Waals surface area (Å²) in [6, 6.07) is 4.16. The number of carbonyl (C=O) groups is 1. The van der Waals surface area contributed by atoms with Crippen LogP contribution in [-0.2, 0) is 11.2 Å². The van der Waals surface area contributed by atoms with Gasteiger partial charge in [-0.05, 0) is 55.3 Å². The normalized spacial score (nSPS) is 16.7. The van der Waals surface area contributed by atoms with Crippen LogP contribution in [0.15, 0.2) is 29.9 Å². The highest BCUT2D eigenvalue weighted by molar-refractivity contribution is 7.09. The molecule has 2 aromatic rings. The highest BCUT2D eigenvalue weighted by atomic mass is 32.1. The Kier molecular flexibility index (Phi) is 5.24. The second kappa shape index (κ2) is 7.56. The molecule has 0 unspecified atom stereocenters. The lowest BCUT2D eigenvalue weighted by Gasteiger charge is -2.30. The summed E-state index contributed by atoms with van der Waals surface area (Å²) in [7, 11) is 0. The number of amides is 1. The molecular formula is C16H22N4OS. The molecular weight excluding hydrogens is 296 g/mol. The Hall–Kier alpha value is -1.66. The van der Waals surface area contributed by atoms with Gasteiger partial charge in [0, 0.05) is 17.6 Å². The minimum atomic E-state index is 0.137. The van der Waals surface area contributed by atoms with E-state index in [0.717, 1.165) is 38.9 Å². The van der Waals surface area contributed by atoms with Crippen LogP contribution in [0.2, 0.25) is 0 Å². The first-order valence-corrected chi connectivity index (χ1v) is 8.69. The first-order valence-electron chi connectivity index (χ1n) is 7.81. The number of likely N-dealkylation sites (tertiary alicyclic amines) is 1. The van der Waals surface area contributed by atoms with Gasteiger partial charge in [0.1, 0.15) is 0 Å². The van der Waals surface area contributed by atoms with E-state index in [2.05, 4.69) is 31.9 Å². The van der Waals surface area contributed by atoms with Gasteiger partial charge < -0.3 is 5.32 Å². The van der Waals surface area contributed by atoms with Crippen LogP contribution in [-0.4, -0.2) is 47.2 Å². The molecule has 2 aromatic heterocycles. The Morgan fingerprint density at radius 1 is 1.45 bits per heavy atom. The van der Waals surface area contributed by atoms with Gasteiger partial charge in [-0.2, -0.15) is 5.10 Å². The van der Waals surface area contributed by atoms with Gasteiger partial charge in [-0.25, -0.2) is 0 Å². The fourth-order valence-corrected chi connectivity index (χ4v) is 3.66. The quantitative estimate of drug-likeness (QED) is 0.856. The van der Waals surface area contributed by atoms with Gasteiger partial charge in [-0.1, -0.05) is 6.07 Å². The van der Waals surface area contributed by atoms with Gasteiger partial charge in [-0.15, -0.1) is 11.3 Å². The fourth-order valence-electron chi connectivity index (χ4n) is 2.95. The number of nitrogens with one attached hydrogen (secondary N) is 2. The molecule has 22 heavy (non-hydrogen) atoms. The van der Waals surface area contributed by atoms with Crippen molar-refractivity contribution in [2.45, 2.75) is 25.2 Å². The lowest BCUT2D eigenvalue weighted by atomic mass is 9.91. The molecule has 1 saturated heterocycles. The van der Waals surface area contributed by atoms with E-state index in [9.17, 15) is 4.79 Å². The van der Waals surface area contributed by atoms with Crippen molar-refractivity contribution in [2.24, 2.45) is 0 Å². The topological polar surface area (TPSA) is 61.0 Å². The first-order chi connectivity index (χ1) is 10.8. The minimum Gasteiger partial charge on any atom is -0.355 e. The van der Waals surface area contributed by atoms with E-state index in [1.54, 1.807) is 11.3 Å². The highest BCUT2D eigenvalue weighted by Gasteiger charge is 2.22. The van der Waals surface area contributed by atoms with E-state index in [0.29, 0.717) is 12.5 Å². The average molecular weight is 318 g/mol. The van der Waals surface area contributed by atoms with Crippen molar-refractivity contribution in [3.05, 3.63) is 40.3 Å². The molecule has 1 fully saturated rings. The van der Waals surface area contributed by atoms with Gasteiger partial charge in [0.05, 0.1) is 12.7 Å². The van der Waals surface area contributed by atoms with Crippen LogP contribution in [0.4, 0.5) is 0 Å². The van der Waals surface area contributed by atoms with Crippen molar-refractivity contribution in [3.63, 3.8) is 0 Å². The summed E-state index contributed by atoms with van der Waals surface area (Å²) in [4.78, 5) is 15.6. The summed E-state index contributed by atoms with van der Waals surface area (Å²) >= 11 is 1.74. The number of hydrogen-bond donors (Lipinski definition) is 2. The number of aromatic nitrogens is 2. The molecule has 0 aromatic carbocycles. The highest BCUT2D eigenvalue weighted by Crippen LogP contribution is 2.26. The van der Waals surface area contributed by atoms with Crippen LogP contribution in [0.5, 0.6) is 0 Å². The number of aromatic amines is 1. The third kappa shape index (κ3) is 4.18. The molecule has 1 aliphatic rings. The number of piperidine rings is 1. The number of H-pyrrole nitrogens is 1. The molecule has 2 N–H and O–H groups in total. The molecule has 1 aliphatic heterocycles. The Bertz CT molecular complexity index is 559. The van der Waals surface area contributed by atoms with E-state index < -0.39 is 0 Å². The van der Waals surface area contributed by atoms with E-state index in [1.165, 1.54) is 10.4 Å². The van der Waals surface area contributed by atoms with Gasteiger partial charge in [0.25, 0.3) is 0 Å². The lowest BCUT2D eigenvalue weighted by molar-refractivity contribution is -0.122. The van der Waals surface area contributed by atoms with E-state index in [1.807, 2.05) is 18.5 Å². The molecule has 0 bridgehead atoms. The Labute approximate surface area is 134 Å². The van der Waals surface area contributed by atoms with Crippen LogP contribution in [0.25, 0.3) is 0 Å². The number of hydrogen-bond acceptors (Lipinski definition) is 4. The zero-order valence-electron chi connectivity index (χ0n) is 12.6. The van der Waals surface area contributed by atoms with Crippen molar-refractivity contribution in [2.75, 3.05) is 26.2 Å². The zero-order valence-corrected chi connectivity index (χ0v) is 13.4. The molecule has 3 heterocycles. The maximum absolute atomic E-state index is 12.0. The van der Waals surface area contributed by atoms with Gasteiger partial charge in [0.15, 0.2) is 0 Å². The molecule has 118 valence electrons. The third-order valence-corrected chi connectivity index (χ3v) is 5.16. The van der Waals surface area contributed by atoms with Crippen LogP contribution in [0, 0.1) is 0 Å². The summed E-state index contributed by atoms with van der Waals surface area (Å²) in [5, 5.41) is 12.0. The van der Waals surface area contributed by atoms with Crippen LogP contribution in [0.1, 0.15) is 29.2 Å². The van der Waals surface area contributed by atoms with Gasteiger partial charge in [-0.3, -0.25) is 14.8 Å². The van der Waals surface area contributed by atoms with E-state index in [4.69, 9.17) is 0 Å². The van der Waals surface area contributed by atoms with Crippen molar-refractivity contribution < 1.29 is 4.79 Å². The lowest BCUT2D eigenvalue weighted by Crippen LogP contribution is -2.41.